The molecule has 3 N–H and O–H groups in total. The molecule has 0 aliphatic carbocycles. The quantitative estimate of drug-likeness (QED) is 0.294. The summed E-state index contributed by atoms with van der Waals surface area (Å²) >= 11 is 1.21. The minimum absolute atomic E-state index is 0.642. The molecular weight excluding hydrogens is 200 g/mol. The van der Waals surface area contributed by atoms with Gasteiger partial charge in [-0.15, -0.1) is 0 Å². The van der Waals surface area contributed by atoms with Crippen molar-refractivity contribution >= 4 is 17.9 Å². The third-order valence-corrected chi connectivity index (χ3v) is 2.13. The van der Waals surface area contributed by atoms with Crippen molar-refractivity contribution in [1.29, 1.82) is 0 Å². The third-order valence-electron chi connectivity index (χ3n) is 1.53. The highest BCUT2D eigenvalue weighted by molar-refractivity contribution is 7.93. The second kappa shape index (κ2) is 6.53. The van der Waals surface area contributed by atoms with E-state index in [0.29, 0.717) is 5.69 Å². The molecule has 0 spiro atoms. The summed E-state index contributed by atoms with van der Waals surface area (Å²) in [5.74, 6) is 0.748. The fraction of sp³-hybridized carbons (Fsp3) is 0.333. The van der Waals surface area contributed by atoms with E-state index in [1.54, 1.807) is 24.3 Å². The zero-order chi connectivity index (χ0) is 10.2. The van der Waals surface area contributed by atoms with Crippen LogP contribution < -0.4 is 14.4 Å². The average Bonchev–Trinajstić information content (AvgIpc) is 2.25. The maximum absolute atomic E-state index is 8.57. The Labute approximate surface area is 88.0 Å². The van der Waals surface area contributed by atoms with Gasteiger partial charge in [0.2, 0.25) is 0 Å². The Morgan fingerprint density at radius 1 is 1.36 bits per heavy atom. The Balaban J connectivity index is 2.29. The molecule has 0 aliphatic rings. The highest BCUT2D eigenvalue weighted by atomic mass is 32.2. The standard InChI is InChI=1S/C9H14N2O2S/c1-2-7-10-14-13-9-5-3-8(11-12)4-6-9/h3-6,10-12H,2,7H2,1H3. The lowest BCUT2D eigenvalue weighted by Gasteiger charge is -2.04. The van der Waals surface area contributed by atoms with Gasteiger partial charge in [0, 0.05) is 6.54 Å². The van der Waals surface area contributed by atoms with Crippen LogP contribution in [0.1, 0.15) is 13.3 Å². The number of hydrogen-bond donors (Lipinski definition) is 3. The van der Waals surface area contributed by atoms with Gasteiger partial charge in [0.15, 0.2) is 0 Å². The van der Waals surface area contributed by atoms with Crippen LogP contribution in [0.5, 0.6) is 5.75 Å². The molecule has 1 aromatic carbocycles. The summed E-state index contributed by atoms with van der Waals surface area (Å²) in [5, 5.41) is 8.57. The zero-order valence-electron chi connectivity index (χ0n) is 7.99. The summed E-state index contributed by atoms with van der Waals surface area (Å²) in [6, 6.07) is 7.02. The van der Waals surface area contributed by atoms with Gasteiger partial charge in [-0.1, -0.05) is 6.92 Å². The van der Waals surface area contributed by atoms with Gasteiger partial charge in [-0.05, 0) is 30.7 Å². The first kappa shape index (κ1) is 11.2. The molecule has 0 fully saturated rings. The van der Waals surface area contributed by atoms with Crippen molar-refractivity contribution in [2.45, 2.75) is 13.3 Å². The van der Waals surface area contributed by atoms with E-state index in [1.807, 2.05) is 0 Å². The molecule has 0 unspecified atom stereocenters. The van der Waals surface area contributed by atoms with Crippen molar-refractivity contribution in [3.63, 3.8) is 0 Å². The highest BCUT2D eigenvalue weighted by Crippen LogP contribution is 2.17. The molecule has 4 nitrogen and oxygen atoms in total. The first-order valence-corrected chi connectivity index (χ1v) is 5.17. The minimum Gasteiger partial charge on any atom is -0.410 e. The number of nitrogens with one attached hydrogen (secondary N) is 2. The lowest BCUT2D eigenvalue weighted by Crippen LogP contribution is -2.05. The Bertz CT molecular complexity index is 253. The lowest BCUT2D eigenvalue weighted by molar-refractivity contribution is 0.389. The molecule has 0 amide bonds. The van der Waals surface area contributed by atoms with E-state index in [4.69, 9.17) is 9.39 Å². The Morgan fingerprint density at radius 2 is 2.07 bits per heavy atom. The van der Waals surface area contributed by atoms with E-state index in [2.05, 4.69) is 17.1 Å². The summed E-state index contributed by atoms with van der Waals surface area (Å²) in [5.41, 5.74) is 2.70. The van der Waals surface area contributed by atoms with Crippen LogP contribution in [0.2, 0.25) is 0 Å². The Kier molecular flexibility index (Phi) is 5.21. The summed E-state index contributed by atoms with van der Waals surface area (Å²) < 4.78 is 8.35. The molecule has 0 aliphatic heterocycles. The number of hydrogen-bond acceptors (Lipinski definition) is 5. The minimum atomic E-state index is 0.642. The molecule has 5 heteroatoms. The molecule has 78 valence electrons. The van der Waals surface area contributed by atoms with Crippen molar-refractivity contribution in [1.82, 2.24) is 4.72 Å². The SMILES string of the molecule is CCCNSOc1ccc(NO)cc1. The smallest absolute Gasteiger partial charge is 0.143 e. The van der Waals surface area contributed by atoms with Crippen LogP contribution >= 0.6 is 12.2 Å². The van der Waals surface area contributed by atoms with Gasteiger partial charge in [-0.2, -0.15) is 0 Å². The molecule has 0 bridgehead atoms. The van der Waals surface area contributed by atoms with E-state index < -0.39 is 0 Å². The Morgan fingerprint density at radius 3 is 2.64 bits per heavy atom. The van der Waals surface area contributed by atoms with Crippen LogP contribution in [0.4, 0.5) is 5.69 Å². The van der Waals surface area contributed by atoms with Crippen molar-refractivity contribution in [2.24, 2.45) is 0 Å². The van der Waals surface area contributed by atoms with Crippen LogP contribution in [0.25, 0.3) is 0 Å². The molecule has 0 heterocycles. The maximum atomic E-state index is 8.57. The summed E-state index contributed by atoms with van der Waals surface area (Å²) in [6.45, 7) is 3.01. The van der Waals surface area contributed by atoms with Gasteiger partial charge in [0.05, 0.1) is 5.69 Å². The van der Waals surface area contributed by atoms with E-state index >= 15 is 0 Å². The van der Waals surface area contributed by atoms with Crippen LogP contribution in [0.3, 0.4) is 0 Å². The molecule has 0 atom stereocenters. The largest absolute Gasteiger partial charge is 0.410 e. The summed E-state index contributed by atoms with van der Waals surface area (Å²) in [4.78, 5) is 0. The van der Waals surface area contributed by atoms with Gasteiger partial charge >= 0.3 is 0 Å². The second-order valence-corrected chi connectivity index (χ2v) is 3.32. The van der Waals surface area contributed by atoms with E-state index in [9.17, 15) is 0 Å². The van der Waals surface area contributed by atoms with Gasteiger partial charge in [0.1, 0.15) is 18.0 Å². The number of benzene rings is 1. The van der Waals surface area contributed by atoms with Gasteiger partial charge in [0.25, 0.3) is 0 Å². The lowest BCUT2D eigenvalue weighted by atomic mass is 10.3. The molecule has 0 radical (unpaired) electrons. The number of anilines is 1. The molecule has 0 aromatic heterocycles. The molecular formula is C9H14N2O2S. The maximum Gasteiger partial charge on any atom is 0.143 e. The predicted octanol–water partition coefficient (Wildman–Crippen LogP) is 2.43. The average molecular weight is 214 g/mol. The fourth-order valence-electron chi connectivity index (χ4n) is 0.806. The first-order chi connectivity index (χ1) is 6.86. The normalized spacial score (nSPS) is 9.86. The van der Waals surface area contributed by atoms with Gasteiger partial charge < -0.3 is 4.18 Å². The second-order valence-electron chi connectivity index (χ2n) is 2.70. The predicted molar refractivity (Wildman–Crippen MR) is 58.4 cm³/mol. The monoisotopic (exact) mass is 214 g/mol. The van der Waals surface area contributed by atoms with E-state index in [-0.39, 0.29) is 0 Å². The summed E-state index contributed by atoms with van der Waals surface area (Å²) in [6.07, 6.45) is 1.07. The van der Waals surface area contributed by atoms with Gasteiger partial charge in [-0.25, -0.2) is 4.72 Å². The van der Waals surface area contributed by atoms with Crippen molar-refractivity contribution in [3.8, 4) is 5.75 Å². The highest BCUT2D eigenvalue weighted by Gasteiger charge is 1.94. The van der Waals surface area contributed by atoms with Crippen LogP contribution in [-0.4, -0.2) is 11.8 Å². The molecule has 1 rings (SSSR count). The molecule has 0 saturated heterocycles. The van der Waals surface area contributed by atoms with Crippen LogP contribution in [-0.2, 0) is 0 Å². The summed E-state index contributed by atoms with van der Waals surface area (Å²) in [7, 11) is 0. The van der Waals surface area contributed by atoms with E-state index in [1.165, 1.54) is 12.2 Å². The molecule has 0 saturated carbocycles. The Hall–Kier alpha value is -0.910. The molecule has 1 aromatic rings. The van der Waals surface area contributed by atoms with E-state index in [0.717, 1.165) is 18.7 Å². The zero-order valence-corrected chi connectivity index (χ0v) is 8.80. The number of rotatable bonds is 6. The van der Waals surface area contributed by atoms with Crippen LogP contribution in [0, 0.1) is 0 Å². The van der Waals surface area contributed by atoms with Crippen molar-refractivity contribution < 1.29 is 9.39 Å². The fourth-order valence-corrected chi connectivity index (χ4v) is 1.36. The van der Waals surface area contributed by atoms with Gasteiger partial charge in [-0.3, -0.25) is 10.7 Å². The van der Waals surface area contributed by atoms with Crippen molar-refractivity contribution in [3.05, 3.63) is 24.3 Å². The molecule has 14 heavy (non-hydrogen) atoms. The van der Waals surface area contributed by atoms with Crippen molar-refractivity contribution in [2.75, 3.05) is 12.0 Å². The van der Waals surface area contributed by atoms with Crippen LogP contribution in [0.15, 0.2) is 24.3 Å². The third kappa shape index (κ3) is 3.87. The topological polar surface area (TPSA) is 53.5 Å². The first-order valence-electron chi connectivity index (χ1n) is 4.43.